The van der Waals surface area contributed by atoms with Crippen LogP contribution >= 0.6 is 11.6 Å². The van der Waals surface area contributed by atoms with Crippen LogP contribution in [0.25, 0.3) is 0 Å². The van der Waals surface area contributed by atoms with Gasteiger partial charge in [0.15, 0.2) is 0 Å². The average Bonchev–Trinajstić information content (AvgIpc) is 2.38. The Morgan fingerprint density at radius 3 is 2.75 bits per heavy atom. The highest BCUT2D eigenvalue weighted by Crippen LogP contribution is 2.15. The van der Waals surface area contributed by atoms with Crippen LogP contribution in [0.3, 0.4) is 0 Å². The Bertz CT molecular complexity index is 480. The molecule has 2 N–H and O–H groups in total. The molecule has 0 saturated heterocycles. The van der Waals surface area contributed by atoms with Gasteiger partial charge in [0.05, 0.1) is 17.2 Å². The van der Waals surface area contributed by atoms with Crippen LogP contribution in [0.2, 0.25) is 5.02 Å². The lowest BCUT2D eigenvalue weighted by Crippen LogP contribution is -2.32. The van der Waals surface area contributed by atoms with Crippen molar-refractivity contribution < 1.29 is 14.3 Å². The SMILES string of the molecule is COCCNC(=O)CCNC(=O)c1cnc(C)cc1Cl. The lowest BCUT2D eigenvalue weighted by atomic mass is 10.2. The molecule has 0 atom stereocenters. The van der Waals surface area contributed by atoms with E-state index in [2.05, 4.69) is 15.6 Å². The summed E-state index contributed by atoms with van der Waals surface area (Å²) in [5.74, 6) is -0.484. The molecule has 2 amide bonds. The molecule has 7 heteroatoms. The molecule has 0 aliphatic carbocycles. The van der Waals surface area contributed by atoms with Crippen molar-refractivity contribution >= 4 is 23.4 Å². The molecule has 0 radical (unpaired) electrons. The number of ether oxygens (including phenoxy) is 1. The number of pyridine rings is 1. The van der Waals surface area contributed by atoms with E-state index in [0.717, 1.165) is 5.69 Å². The highest BCUT2D eigenvalue weighted by Gasteiger charge is 2.11. The third-order valence-corrected chi connectivity index (χ3v) is 2.81. The second kappa shape index (κ2) is 8.50. The van der Waals surface area contributed by atoms with Crippen molar-refractivity contribution in [3.8, 4) is 0 Å². The fourth-order valence-corrected chi connectivity index (χ4v) is 1.75. The van der Waals surface area contributed by atoms with Crippen molar-refractivity contribution in [2.75, 3.05) is 26.8 Å². The first-order chi connectivity index (χ1) is 9.54. The van der Waals surface area contributed by atoms with Crippen molar-refractivity contribution in [1.82, 2.24) is 15.6 Å². The van der Waals surface area contributed by atoms with E-state index in [1.54, 1.807) is 20.1 Å². The zero-order valence-corrected chi connectivity index (χ0v) is 12.3. The quantitative estimate of drug-likeness (QED) is 0.734. The minimum Gasteiger partial charge on any atom is -0.383 e. The highest BCUT2D eigenvalue weighted by atomic mass is 35.5. The monoisotopic (exact) mass is 299 g/mol. The number of nitrogens with one attached hydrogen (secondary N) is 2. The summed E-state index contributed by atoms with van der Waals surface area (Å²) in [6.45, 7) is 2.94. The lowest BCUT2D eigenvalue weighted by molar-refractivity contribution is -0.121. The molecule has 6 nitrogen and oxygen atoms in total. The first kappa shape index (κ1) is 16.4. The molecule has 0 fully saturated rings. The summed E-state index contributed by atoms with van der Waals surface area (Å²) in [6, 6.07) is 1.62. The normalized spacial score (nSPS) is 10.2. The predicted molar refractivity (Wildman–Crippen MR) is 75.8 cm³/mol. The summed E-state index contributed by atoms with van der Waals surface area (Å²) in [6.07, 6.45) is 1.62. The maximum atomic E-state index is 11.8. The smallest absolute Gasteiger partial charge is 0.254 e. The number of carbonyl (C=O) groups is 2. The van der Waals surface area contributed by atoms with Crippen molar-refractivity contribution in [2.45, 2.75) is 13.3 Å². The van der Waals surface area contributed by atoms with E-state index in [9.17, 15) is 9.59 Å². The van der Waals surface area contributed by atoms with Gasteiger partial charge in [-0.15, -0.1) is 0 Å². The maximum Gasteiger partial charge on any atom is 0.254 e. The number of hydrogen-bond acceptors (Lipinski definition) is 4. The molecule has 110 valence electrons. The molecule has 1 aromatic rings. The molecule has 0 saturated carbocycles. The van der Waals surface area contributed by atoms with E-state index in [1.165, 1.54) is 6.20 Å². The average molecular weight is 300 g/mol. The number of amides is 2. The van der Waals surface area contributed by atoms with Gasteiger partial charge in [-0.1, -0.05) is 11.6 Å². The number of aromatic nitrogens is 1. The molecule has 0 aromatic carbocycles. The van der Waals surface area contributed by atoms with Crippen LogP contribution in [0.1, 0.15) is 22.5 Å². The van der Waals surface area contributed by atoms with Gasteiger partial charge in [-0.25, -0.2) is 0 Å². The number of aryl methyl sites for hydroxylation is 1. The van der Waals surface area contributed by atoms with Gasteiger partial charge >= 0.3 is 0 Å². The molecule has 0 spiro atoms. The van der Waals surface area contributed by atoms with Crippen molar-refractivity contribution in [3.05, 3.63) is 28.5 Å². The highest BCUT2D eigenvalue weighted by molar-refractivity contribution is 6.33. The van der Waals surface area contributed by atoms with Gasteiger partial charge in [0.25, 0.3) is 5.91 Å². The van der Waals surface area contributed by atoms with E-state index in [1.807, 2.05) is 0 Å². The fourth-order valence-electron chi connectivity index (χ4n) is 1.46. The van der Waals surface area contributed by atoms with Gasteiger partial charge in [-0.05, 0) is 13.0 Å². The minimum atomic E-state index is -0.341. The number of hydrogen-bond donors (Lipinski definition) is 2. The van der Waals surface area contributed by atoms with Crippen LogP contribution in [-0.4, -0.2) is 43.6 Å². The van der Waals surface area contributed by atoms with Gasteiger partial charge in [0.2, 0.25) is 5.91 Å². The minimum absolute atomic E-state index is 0.143. The topological polar surface area (TPSA) is 80.3 Å². The third-order valence-electron chi connectivity index (χ3n) is 2.50. The van der Waals surface area contributed by atoms with Crippen LogP contribution in [-0.2, 0) is 9.53 Å². The molecule has 1 heterocycles. The Labute approximate surface area is 122 Å². The van der Waals surface area contributed by atoms with E-state index in [4.69, 9.17) is 16.3 Å². The van der Waals surface area contributed by atoms with Gasteiger partial charge < -0.3 is 15.4 Å². The van der Waals surface area contributed by atoms with Crippen molar-refractivity contribution in [2.24, 2.45) is 0 Å². The lowest BCUT2D eigenvalue weighted by Gasteiger charge is -2.07. The first-order valence-corrected chi connectivity index (χ1v) is 6.58. The van der Waals surface area contributed by atoms with E-state index in [0.29, 0.717) is 23.7 Å². The van der Waals surface area contributed by atoms with Crippen LogP contribution in [0.5, 0.6) is 0 Å². The number of carbonyl (C=O) groups excluding carboxylic acids is 2. The second-order valence-electron chi connectivity index (χ2n) is 4.15. The van der Waals surface area contributed by atoms with E-state index < -0.39 is 0 Å². The Balaban J connectivity index is 2.34. The van der Waals surface area contributed by atoms with Crippen LogP contribution in [0.15, 0.2) is 12.3 Å². The zero-order valence-electron chi connectivity index (χ0n) is 11.5. The first-order valence-electron chi connectivity index (χ1n) is 6.20. The predicted octanol–water partition coefficient (Wildman–Crippen LogP) is 0.926. The standard InChI is InChI=1S/C13H18ClN3O3/c1-9-7-11(14)10(8-17-9)13(19)16-4-3-12(18)15-5-6-20-2/h7-8H,3-6H2,1-2H3,(H,15,18)(H,16,19). The number of rotatable bonds is 7. The molecule has 0 aliphatic heterocycles. The van der Waals surface area contributed by atoms with Crippen LogP contribution < -0.4 is 10.6 Å². The summed E-state index contributed by atoms with van der Waals surface area (Å²) in [5, 5.41) is 5.63. The van der Waals surface area contributed by atoms with Crippen LogP contribution in [0, 0.1) is 6.92 Å². The van der Waals surface area contributed by atoms with E-state index >= 15 is 0 Å². The van der Waals surface area contributed by atoms with Crippen molar-refractivity contribution in [3.63, 3.8) is 0 Å². The van der Waals surface area contributed by atoms with Gasteiger partial charge in [-0.2, -0.15) is 0 Å². The largest absolute Gasteiger partial charge is 0.383 e. The molecule has 1 rings (SSSR count). The van der Waals surface area contributed by atoms with Gasteiger partial charge in [-0.3, -0.25) is 14.6 Å². The fraction of sp³-hybridized carbons (Fsp3) is 0.462. The third kappa shape index (κ3) is 5.54. The Morgan fingerprint density at radius 2 is 2.10 bits per heavy atom. The van der Waals surface area contributed by atoms with Gasteiger partial charge in [0.1, 0.15) is 0 Å². The second-order valence-corrected chi connectivity index (χ2v) is 4.56. The zero-order chi connectivity index (χ0) is 15.0. The molecule has 0 unspecified atom stereocenters. The summed E-state index contributed by atoms with van der Waals surface area (Å²) in [5.41, 5.74) is 1.04. The Kier molecular flexibility index (Phi) is 6.97. The molecule has 0 bridgehead atoms. The number of halogens is 1. The summed E-state index contributed by atoms with van der Waals surface area (Å²) in [7, 11) is 1.56. The Hall–Kier alpha value is -1.66. The van der Waals surface area contributed by atoms with Crippen molar-refractivity contribution in [1.29, 1.82) is 0 Å². The summed E-state index contributed by atoms with van der Waals surface area (Å²) in [4.78, 5) is 27.2. The molecular formula is C13H18ClN3O3. The molecule has 1 aromatic heterocycles. The maximum absolute atomic E-state index is 11.8. The summed E-state index contributed by atoms with van der Waals surface area (Å²) < 4.78 is 4.81. The molecule has 20 heavy (non-hydrogen) atoms. The van der Waals surface area contributed by atoms with E-state index in [-0.39, 0.29) is 24.8 Å². The Morgan fingerprint density at radius 1 is 1.35 bits per heavy atom. The molecule has 0 aliphatic rings. The number of methoxy groups -OCH3 is 1. The van der Waals surface area contributed by atoms with Crippen LogP contribution in [0.4, 0.5) is 0 Å². The van der Waals surface area contributed by atoms with Gasteiger partial charge in [0, 0.05) is 38.5 Å². The molecular weight excluding hydrogens is 282 g/mol. The number of nitrogens with zero attached hydrogens (tertiary/aromatic N) is 1. The summed E-state index contributed by atoms with van der Waals surface area (Å²) >= 11 is 5.96.